The Morgan fingerprint density at radius 3 is 2.47 bits per heavy atom. The lowest BCUT2D eigenvalue weighted by Gasteiger charge is -1.99. The number of ketones is 1. The Hall–Kier alpha value is -1.11. The van der Waals surface area contributed by atoms with Crippen molar-refractivity contribution < 1.29 is 4.79 Å². The fraction of sp³-hybridized carbons (Fsp3) is 0.562. The number of allylic oxidation sites excluding steroid dienone is 5. The summed E-state index contributed by atoms with van der Waals surface area (Å²) < 4.78 is 0. The predicted octanol–water partition coefficient (Wildman–Crippen LogP) is 4.99. The molecule has 1 nitrogen and oxygen atoms in total. The maximum Gasteiger partial charge on any atom is 0.132 e. The first-order valence-electron chi connectivity index (χ1n) is 6.77. The van der Waals surface area contributed by atoms with Gasteiger partial charge in [0.1, 0.15) is 5.78 Å². The number of hydrogen-bond acceptors (Lipinski definition) is 1. The summed E-state index contributed by atoms with van der Waals surface area (Å²) >= 11 is 0. The average Bonchev–Trinajstić information content (AvgIpc) is 2.32. The quantitative estimate of drug-likeness (QED) is 0.363. The van der Waals surface area contributed by atoms with Crippen LogP contribution in [0.3, 0.4) is 0 Å². The van der Waals surface area contributed by atoms with Crippen LogP contribution < -0.4 is 0 Å². The van der Waals surface area contributed by atoms with Crippen LogP contribution in [0.25, 0.3) is 0 Å². The lowest BCUT2D eigenvalue weighted by Crippen LogP contribution is -1.95. The third kappa shape index (κ3) is 12.8. The van der Waals surface area contributed by atoms with Crippen LogP contribution in [-0.2, 0) is 4.79 Å². The average molecular weight is 234 g/mol. The highest BCUT2D eigenvalue weighted by molar-refractivity contribution is 5.78. The molecular formula is C16H26O. The van der Waals surface area contributed by atoms with Crippen molar-refractivity contribution in [2.45, 2.75) is 58.3 Å². The van der Waals surface area contributed by atoms with Gasteiger partial charge >= 0.3 is 0 Å². The van der Waals surface area contributed by atoms with Crippen molar-refractivity contribution in [1.29, 1.82) is 0 Å². The molecule has 0 fully saturated rings. The molecule has 96 valence electrons. The van der Waals surface area contributed by atoms with Crippen molar-refractivity contribution in [2.24, 2.45) is 0 Å². The van der Waals surface area contributed by atoms with Gasteiger partial charge in [-0.15, -0.1) is 0 Å². The molecule has 0 aliphatic rings. The zero-order chi connectivity index (χ0) is 12.8. The van der Waals surface area contributed by atoms with Crippen molar-refractivity contribution >= 4 is 5.78 Å². The fourth-order valence-corrected chi connectivity index (χ4v) is 1.66. The number of carbonyl (C=O) groups is 1. The molecule has 0 spiro atoms. The van der Waals surface area contributed by atoms with E-state index in [0.29, 0.717) is 5.78 Å². The third-order valence-electron chi connectivity index (χ3n) is 2.60. The molecular weight excluding hydrogens is 208 g/mol. The molecule has 0 unspecified atom stereocenters. The van der Waals surface area contributed by atoms with Crippen LogP contribution in [0.5, 0.6) is 0 Å². The molecule has 0 N–H and O–H groups in total. The zero-order valence-electron chi connectivity index (χ0n) is 11.2. The predicted molar refractivity (Wildman–Crippen MR) is 76.1 cm³/mol. The Balaban J connectivity index is 3.23. The lowest BCUT2D eigenvalue weighted by atomic mass is 10.1. The minimum atomic E-state index is 0.432. The summed E-state index contributed by atoms with van der Waals surface area (Å²) in [6.07, 6.45) is 18.3. The number of Topliss-reactive ketones (excluding diaryl/α,β-unsaturated/α-hetero) is 1. The second-order valence-electron chi connectivity index (χ2n) is 4.29. The van der Waals surface area contributed by atoms with Crippen molar-refractivity contribution in [3.8, 4) is 0 Å². The van der Waals surface area contributed by atoms with Gasteiger partial charge in [-0.2, -0.15) is 0 Å². The van der Waals surface area contributed by atoms with E-state index >= 15 is 0 Å². The second-order valence-corrected chi connectivity index (χ2v) is 4.29. The van der Waals surface area contributed by atoms with Gasteiger partial charge in [0.2, 0.25) is 0 Å². The van der Waals surface area contributed by atoms with E-state index in [0.717, 1.165) is 32.1 Å². The first-order chi connectivity index (χ1) is 8.31. The summed E-state index contributed by atoms with van der Waals surface area (Å²) in [4.78, 5) is 11.3. The van der Waals surface area contributed by atoms with Crippen LogP contribution in [0.4, 0.5) is 0 Å². The molecule has 0 aromatic carbocycles. The summed E-state index contributed by atoms with van der Waals surface area (Å²) in [7, 11) is 0. The van der Waals surface area contributed by atoms with Gasteiger partial charge in [0.05, 0.1) is 0 Å². The molecule has 0 atom stereocenters. The third-order valence-corrected chi connectivity index (χ3v) is 2.60. The van der Waals surface area contributed by atoms with Crippen LogP contribution in [0, 0.1) is 0 Å². The van der Waals surface area contributed by atoms with Crippen molar-refractivity contribution in [1.82, 2.24) is 0 Å². The molecule has 0 aromatic rings. The Bertz CT molecular complexity index is 248. The highest BCUT2D eigenvalue weighted by Gasteiger charge is 1.98. The fourth-order valence-electron chi connectivity index (χ4n) is 1.66. The van der Waals surface area contributed by atoms with Gasteiger partial charge in [-0.05, 0) is 25.7 Å². The summed E-state index contributed by atoms with van der Waals surface area (Å²) in [6.45, 7) is 5.67. The smallest absolute Gasteiger partial charge is 0.132 e. The Morgan fingerprint density at radius 2 is 1.76 bits per heavy atom. The first kappa shape index (κ1) is 15.9. The molecule has 0 saturated heterocycles. The largest absolute Gasteiger partial charge is 0.300 e. The topological polar surface area (TPSA) is 17.1 Å². The minimum absolute atomic E-state index is 0.432. The maximum atomic E-state index is 11.3. The standard InChI is InChI=1S/C16H26O/c1-3-5-6-7-8-9-10-11-12-13-15-16(17)14-4-2/h3,5-8H,1,4,9-15H2,2H3/b6-5+,8-7?. The molecule has 0 amide bonds. The first-order valence-corrected chi connectivity index (χ1v) is 6.77. The molecule has 0 saturated carbocycles. The van der Waals surface area contributed by atoms with Crippen molar-refractivity contribution in [3.05, 3.63) is 37.0 Å². The summed E-state index contributed by atoms with van der Waals surface area (Å²) in [5.41, 5.74) is 0. The van der Waals surface area contributed by atoms with Gasteiger partial charge in [0.15, 0.2) is 0 Å². The summed E-state index contributed by atoms with van der Waals surface area (Å²) in [6, 6.07) is 0. The molecule has 0 bridgehead atoms. The molecule has 0 aliphatic carbocycles. The molecule has 1 heteroatoms. The highest BCUT2D eigenvalue weighted by atomic mass is 16.1. The van der Waals surface area contributed by atoms with Gasteiger partial charge < -0.3 is 0 Å². The minimum Gasteiger partial charge on any atom is -0.300 e. The molecule has 0 heterocycles. The summed E-state index contributed by atoms with van der Waals surface area (Å²) in [5, 5.41) is 0. The van der Waals surface area contributed by atoms with E-state index in [1.54, 1.807) is 6.08 Å². The lowest BCUT2D eigenvalue weighted by molar-refractivity contribution is -0.119. The molecule has 0 aliphatic heterocycles. The Labute approximate surface area is 106 Å². The number of hydrogen-bond donors (Lipinski definition) is 0. The van der Waals surface area contributed by atoms with E-state index in [1.165, 1.54) is 19.3 Å². The maximum absolute atomic E-state index is 11.3. The van der Waals surface area contributed by atoms with Crippen LogP contribution in [-0.4, -0.2) is 5.78 Å². The van der Waals surface area contributed by atoms with E-state index in [4.69, 9.17) is 0 Å². The van der Waals surface area contributed by atoms with Crippen LogP contribution in [0.2, 0.25) is 0 Å². The number of unbranched alkanes of at least 4 members (excludes halogenated alkanes) is 4. The zero-order valence-corrected chi connectivity index (χ0v) is 11.2. The molecule has 0 rings (SSSR count). The number of carbonyl (C=O) groups excluding carboxylic acids is 1. The van der Waals surface area contributed by atoms with E-state index in [-0.39, 0.29) is 0 Å². The Kier molecular flexibility index (Phi) is 12.1. The van der Waals surface area contributed by atoms with Gasteiger partial charge in [0, 0.05) is 12.8 Å². The van der Waals surface area contributed by atoms with Gasteiger partial charge in [-0.1, -0.05) is 56.7 Å². The second kappa shape index (κ2) is 13.0. The van der Waals surface area contributed by atoms with Crippen molar-refractivity contribution in [2.75, 3.05) is 0 Å². The van der Waals surface area contributed by atoms with E-state index in [1.807, 2.05) is 12.2 Å². The molecule has 0 aromatic heterocycles. The van der Waals surface area contributed by atoms with Crippen LogP contribution >= 0.6 is 0 Å². The van der Waals surface area contributed by atoms with Gasteiger partial charge in [-0.3, -0.25) is 4.79 Å². The van der Waals surface area contributed by atoms with Gasteiger partial charge in [-0.25, -0.2) is 0 Å². The summed E-state index contributed by atoms with van der Waals surface area (Å²) in [5.74, 6) is 0.432. The molecule has 0 radical (unpaired) electrons. The normalized spacial score (nSPS) is 11.4. The van der Waals surface area contributed by atoms with E-state index in [2.05, 4.69) is 25.7 Å². The van der Waals surface area contributed by atoms with Crippen LogP contribution in [0.1, 0.15) is 58.3 Å². The molecule has 17 heavy (non-hydrogen) atoms. The SMILES string of the molecule is C=C/C=C/C=CCCCCCCC(=O)CCC. The highest BCUT2D eigenvalue weighted by Crippen LogP contribution is 2.07. The monoisotopic (exact) mass is 234 g/mol. The van der Waals surface area contributed by atoms with E-state index in [9.17, 15) is 4.79 Å². The van der Waals surface area contributed by atoms with Gasteiger partial charge in [0.25, 0.3) is 0 Å². The van der Waals surface area contributed by atoms with E-state index < -0.39 is 0 Å². The number of rotatable bonds is 11. The van der Waals surface area contributed by atoms with Crippen LogP contribution in [0.15, 0.2) is 37.0 Å². The van der Waals surface area contributed by atoms with Crippen molar-refractivity contribution in [3.63, 3.8) is 0 Å². The Morgan fingerprint density at radius 1 is 1.00 bits per heavy atom.